The summed E-state index contributed by atoms with van der Waals surface area (Å²) < 4.78 is 27.4. The zero-order valence-corrected chi connectivity index (χ0v) is 12.5. The van der Waals surface area contributed by atoms with Gasteiger partial charge >= 0.3 is 0 Å². The maximum atomic E-state index is 12.4. The Balaban J connectivity index is 2.44. The molecule has 0 atom stereocenters. The molecule has 3 N–H and O–H groups in total. The number of sulfonamides is 1. The van der Waals surface area contributed by atoms with Crippen LogP contribution in [0.2, 0.25) is 5.02 Å². The molecule has 0 aliphatic carbocycles. The first kappa shape index (κ1) is 14.8. The zero-order valence-electron chi connectivity index (χ0n) is 10.9. The first-order valence-electron chi connectivity index (χ1n) is 6.01. The van der Waals surface area contributed by atoms with Crippen molar-refractivity contribution in [1.82, 2.24) is 0 Å². The Morgan fingerprint density at radius 1 is 1.15 bits per heavy atom. The average molecular weight is 311 g/mol. The molecule has 20 heavy (non-hydrogen) atoms. The number of rotatable bonds is 4. The highest BCUT2D eigenvalue weighted by Gasteiger charge is 2.19. The van der Waals surface area contributed by atoms with E-state index in [1.165, 1.54) is 0 Å². The summed E-state index contributed by atoms with van der Waals surface area (Å²) in [4.78, 5) is 0.209. The lowest BCUT2D eigenvalue weighted by Gasteiger charge is -2.13. The first-order chi connectivity index (χ1) is 9.45. The topological polar surface area (TPSA) is 72.2 Å². The van der Waals surface area contributed by atoms with Crippen molar-refractivity contribution in [2.75, 3.05) is 4.72 Å². The summed E-state index contributed by atoms with van der Waals surface area (Å²) in [5.74, 6) is 0. The smallest absolute Gasteiger partial charge is 0.262 e. The quantitative estimate of drug-likeness (QED) is 0.912. The Labute approximate surface area is 123 Å². The second-order valence-corrected chi connectivity index (χ2v) is 6.39. The summed E-state index contributed by atoms with van der Waals surface area (Å²) in [6.07, 6.45) is 0. The molecule has 0 amide bonds. The van der Waals surface area contributed by atoms with E-state index in [0.717, 1.165) is 5.56 Å². The van der Waals surface area contributed by atoms with E-state index in [0.29, 0.717) is 22.8 Å². The van der Waals surface area contributed by atoms with Crippen molar-refractivity contribution < 1.29 is 8.42 Å². The predicted octanol–water partition coefficient (Wildman–Crippen LogP) is 2.91. The molecule has 0 fully saturated rings. The van der Waals surface area contributed by atoms with Gasteiger partial charge in [-0.05, 0) is 36.2 Å². The molecule has 6 heteroatoms. The largest absolute Gasteiger partial charge is 0.326 e. The van der Waals surface area contributed by atoms with Crippen LogP contribution >= 0.6 is 11.6 Å². The number of hydrogen-bond acceptors (Lipinski definition) is 3. The molecule has 0 saturated carbocycles. The summed E-state index contributed by atoms with van der Waals surface area (Å²) in [6.45, 7) is 2.03. The number of halogens is 1. The summed E-state index contributed by atoms with van der Waals surface area (Å²) in [6, 6.07) is 11.7. The summed E-state index contributed by atoms with van der Waals surface area (Å²) in [7, 11) is -3.69. The normalized spacial score (nSPS) is 11.3. The van der Waals surface area contributed by atoms with Crippen LogP contribution < -0.4 is 10.5 Å². The fourth-order valence-corrected chi connectivity index (χ4v) is 3.52. The molecule has 0 radical (unpaired) electrons. The molecule has 0 unspecified atom stereocenters. The molecule has 0 bridgehead atoms. The molecule has 4 nitrogen and oxygen atoms in total. The molecule has 0 saturated heterocycles. The second kappa shape index (κ2) is 5.83. The van der Waals surface area contributed by atoms with Crippen LogP contribution in [0.5, 0.6) is 0 Å². The van der Waals surface area contributed by atoms with E-state index in [1.807, 2.05) is 6.07 Å². The highest BCUT2D eigenvalue weighted by Crippen LogP contribution is 2.26. The molecule has 2 aromatic rings. The third-order valence-electron chi connectivity index (χ3n) is 3.02. The van der Waals surface area contributed by atoms with Crippen LogP contribution in [0.1, 0.15) is 11.1 Å². The van der Waals surface area contributed by atoms with Gasteiger partial charge in [-0.25, -0.2) is 8.42 Å². The first-order valence-corrected chi connectivity index (χ1v) is 7.87. The van der Waals surface area contributed by atoms with Crippen LogP contribution in [0.15, 0.2) is 47.4 Å². The number of nitrogens with one attached hydrogen (secondary N) is 1. The molecule has 106 valence electrons. The summed E-state index contributed by atoms with van der Waals surface area (Å²) >= 11 is 5.97. The Hall–Kier alpha value is -1.56. The van der Waals surface area contributed by atoms with Crippen molar-refractivity contribution in [2.45, 2.75) is 18.4 Å². The molecule has 0 aliphatic heterocycles. The standard InChI is InChI=1S/C14H15ClN2O2S/c1-10-11(9-16)5-4-8-14(10)20(18,19)17-13-7-3-2-6-12(13)15/h2-8,17H,9,16H2,1H3. The van der Waals surface area contributed by atoms with E-state index >= 15 is 0 Å². The highest BCUT2D eigenvalue weighted by atomic mass is 35.5. The van der Waals surface area contributed by atoms with Crippen LogP contribution in [0, 0.1) is 6.92 Å². The number of nitrogens with two attached hydrogens (primary N) is 1. The van der Waals surface area contributed by atoms with Crippen molar-refractivity contribution in [3.8, 4) is 0 Å². The van der Waals surface area contributed by atoms with Crippen LogP contribution in [0.25, 0.3) is 0 Å². The maximum Gasteiger partial charge on any atom is 0.262 e. The molecule has 0 spiro atoms. The van der Waals surface area contributed by atoms with Crippen molar-refractivity contribution in [3.05, 3.63) is 58.6 Å². The van der Waals surface area contributed by atoms with Gasteiger partial charge in [0.05, 0.1) is 15.6 Å². The molecular formula is C14H15ClN2O2S. The van der Waals surface area contributed by atoms with Crippen molar-refractivity contribution in [2.24, 2.45) is 5.73 Å². The van der Waals surface area contributed by atoms with Gasteiger partial charge in [-0.3, -0.25) is 4.72 Å². The lowest BCUT2D eigenvalue weighted by molar-refractivity contribution is 0.600. The summed E-state index contributed by atoms with van der Waals surface area (Å²) in [5, 5.41) is 0.351. The zero-order chi connectivity index (χ0) is 14.8. The Kier molecular flexibility index (Phi) is 4.32. The van der Waals surface area contributed by atoms with Gasteiger partial charge in [0.15, 0.2) is 0 Å². The second-order valence-electron chi connectivity index (χ2n) is 4.33. The maximum absolute atomic E-state index is 12.4. The third kappa shape index (κ3) is 2.95. The Bertz CT molecular complexity index is 730. The minimum absolute atomic E-state index is 0.209. The summed E-state index contributed by atoms with van der Waals surface area (Å²) in [5.41, 5.74) is 7.40. The average Bonchev–Trinajstić information content (AvgIpc) is 2.41. The van der Waals surface area contributed by atoms with E-state index in [1.54, 1.807) is 43.3 Å². The lowest BCUT2D eigenvalue weighted by atomic mass is 10.1. The molecule has 0 aliphatic rings. The fourth-order valence-electron chi connectivity index (χ4n) is 1.92. The van der Waals surface area contributed by atoms with Gasteiger partial charge in [-0.1, -0.05) is 35.9 Å². The van der Waals surface area contributed by atoms with Gasteiger partial charge in [-0.15, -0.1) is 0 Å². The number of benzene rings is 2. The van der Waals surface area contributed by atoms with Crippen molar-refractivity contribution >= 4 is 27.3 Å². The van der Waals surface area contributed by atoms with E-state index in [2.05, 4.69) is 4.72 Å². The minimum Gasteiger partial charge on any atom is -0.326 e. The number of para-hydroxylation sites is 1. The van der Waals surface area contributed by atoms with Crippen LogP contribution in [-0.4, -0.2) is 8.42 Å². The fraction of sp³-hybridized carbons (Fsp3) is 0.143. The van der Waals surface area contributed by atoms with E-state index < -0.39 is 10.0 Å². The Morgan fingerprint density at radius 3 is 2.50 bits per heavy atom. The Morgan fingerprint density at radius 2 is 1.85 bits per heavy atom. The van der Waals surface area contributed by atoms with Gasteiger partial charge < -0.3 is 5.73 Å². The van der Waals surface area contributed by atoms with Gasteiger partial charge in [0.25, 0.3) is 10.0 Å². The monoisotopic (exact) mass is 310 g/mol. The minimum atomic E-state index is -3.69. The molecule has 2 aromatic carbocycles. The van der Waals surface area contributed by atoms with Crippen LogP contribution in [0.4, 0.5) is 5.69 Å². The molecule has 2 rings (SSSR count). The number of hydrogen-bond donors (Lipinski definition) is 2. The van der Waals surface area contributed by atoms with E-state index in [4.69, 9.17) is 17.3 Å². The van der Waals surface area contributed by atoms with Crippen molar-refractivity contribution in [1.29, 1.82) is 0 Å². The third-order valence-corrected chi connectivity index (χ3v) is 4.86. The molecular weight excluding hydrogens is 296 g/mol. The van der Waals surface area contributed by atoms with Crippen molar-refractivity contribution in [3.63, 3.8) is 0 Å². The SMILES string of the molecule is Cc1c(CN)cccc1S(=O)(=O)Nc1ccccc1Cl. The molecule has 0 heterocycles. The highest BCUT2D eigenvalue weighted by molar-refractivity contribution is 7.92. The van der Waals surface area contributed by atoms with Gasteiger partial charge in [0.1, 0.15) is 0 Å². The van der Waals surface area contributed by atoms with Gasteiger partial charge in [0, 0.05) is 6.54 Å². The van der Waals surface area contributed by atoms with Gasteiger partial charge in [0.2, 0.25) is 0 Å². The van der Waals surface area contributed by atoms with E-state index in [-0.39, 0.29) is 4.90 Å². The van der Waals surface area contributed by atoms with Crippen LogP contribution in [0.3, 0.4) is 0 Å². The van der Waals surface area contributed by atoms with Crippen LogP contribution in [-0.2, 0) is 16.6 Å². The lowest BCUT2D eigenvalue weighted by Crippen LogP contribution is -2.15. The van der Waals surface area contributed by atoms with E-state index in [9.17, 15) is 8.42 Å². The predicted molar refractivity (Wildman–Crippen MR) is 81.3 cm³/mol. The number of anilines is 1. The molecule has 0 aromatic heterocycles. The van der Waals surface area contributed by atoms with Gasteiger partial charge in [-0.2, -0.15) is 0 Å².